The number of rotatable bonds is 13. The first-order valence-electron chi connectivity index (χ1n) is 10.6. The Morgan fingerprint density at radius 3 is 2.17 bits per heavy atom. The number of hydrogen-bond donors (Lipinski definition) is 1. The average Bonchev–Trinajstić information content (AvgIpc) is 2.96. The number of thiocarbonyl (C=S) groups is 1. The fourth-order valence-corrected chi connectivity index (χ4v) is 4.63. The average molecular weight is 449 g/mol. The zero-order valence-corrected chi connectivity index (χ0v) is 19.6. The van der Waals surface area contributed by atoms with Crippen LogP contribution in [0.15, 0.2) is 29.2 Å². The van der Waals surface area contributed by atoms with Crippen molar-refractivity contribution < 1.29 is 14.7 Å². The van der Waals surface area contributed by atoms with E-state index in [1.54, 1.807) is 4.90 Å². The number of carbonyl (C=O) groups is 2. The molecule has 1 amide bonds. The third kappa shape index (κ3) is 8.11. The Labute approximate surface area is 189 Å². The van der Waals surface area contributed by atoms with Crippen LogP contribution in [0, 0.1) is 0 Å². The zero-order chi connectivity index (χ0) is 21.9. The van der Waals surface area contributed by atoms with Gasteiger partial charge in [-0.3, -0.25) is 14.5 Å². The molecule has 164 valence electrons. The number of nitrogens with zero attached hydrogens (tertiary/aromatic N) is 2. The summed E-state index contributed by atoms with van der Waals surface area (Å²) in [5.74, 6) is -0.692. The fraction of sp³-hybridized carbons (Fsp3) is 0.522. The number of unbranched alkanes of at least 4 members (excludes halogenated alkanes) is 7. The smallest absolute Gasteiger partial charge is 0.303 e. The summed E-state index contributed by atoms with van der Waals surface area (Å²) in [6, 6.07) is 8.12. The van der Waals surface area contributed by atoms with E-state index in [4.69, 9.17) is 17.3 Å². The molecular weight excluding hydrogens is 416 g/mol. The van der Waals surface area contributed by atoms with Crippen LogP contribution in [-0.4, -0.2) is 46.8 Å². The van der Waals surface area contributed by atoms with Gasteiger partial charge in [-0.15, -0.1) is 0 Å². The lowest BCUT2D eigenvalue weighted by Gasteiger charge is -2.14. The molecule has 1 aliphatic heterocycles. The van der Waals surface area contributed by atoms with Gasteiger partial charge in [-0.05, 0) is 36.6 Å². The summed E-state index contributed by atoms with van der Waals surface area (Å²) in [6.45, 7) is 0.681. The third-order valence-electron chi connectivity index (χ3n) is 5.10. The van der Waals surface area contributed by atoms with Crippen LogP contribution in [0.1, 0.15) is 63.4 Å². The molecule has 0 radical (unpaired) electrons. The highest BCUT2D eigenvalue weighted by atomic mass is 32.2. The van der Waals surface area contributed by atoms with Crippen molar-refractivity contribution in [3.63, 3.8) is 0 Å². The van der Waals surface area contributed by atoms with Gasteiger partial charge >= 0.3 is 5.97 Å². The van der Waals surface area contributed by atoms with Crippen LogP contribution in [0.25, 0.3) is 6.08 Å². The van der Waals surface area contributed by atoms with Crippen molar-refractivity contribution in [2.75, 3.05) is 25.5 Å². The lowest BCUT2D eigenvalue weighted by atomic mass is 10.1. The van der Waals surface area contributed by atoms with Gasteiger partial charge in [-0.25, -0.2) is 0 Å². The number of thioether (sulfide) groups is 1. The highest BCUT2D eigenvalue weighted by Gasteiger charge is 2.31. The summed E-state index contributed by atoms with van der Waals surface area (Å²) < 4.78 is 0.648. The number of benzene rings is 1. The van der Waals surface area contributed by atoms with Crippen molar-refractivity contribution in [3.8, 4) is 0 Å². The third-order valence-corrected chi connectivity index (χ3v) is 6.48. The molecule has 0 aliphatic carbocycles. The minimum absolute atomic E-state index is 0.0140. The summed E-state index contributed by atoms with van der Waals surface area (Å²) in [4.78, 5) is 27.6. The first kappa shape index (κ1) is 24.4. The summed E-state index contributed by atoms with van der Waals surface area (Å²) in [5.41, 5.74) is 2.13. The SMILES string of the molecule is CN(C)c1ccc(C=C2SC(=S)N(CCCCCCCCCCC(=O)O)C2=O)cc1. The number of carbonyl (C=O) groups excluding carboxylic acids is 1. The Morgan fingerprint density at radius 1 is 1.03 bits per heavy atom. The maximum Gasteiger partial charge on any atom is 0.303 e. The first-order chi connectivity index (χ1) is 14.4. The molecule has 0 atom stereocenters. The zero-order valence-electron chi connectivity index (χ0n) is 17.9. The van der Waals surface area contributed by atoms with Crippen LogP contribution in [-0.2, 0) is 9.59 Å². The van der Waals surface area contributed by atoms with Crippen molar-refractivity contribution >= 4 is 51.9 Å². The van der Waals surface area contributed by atoms with E-state index < -0.39 is 5.97 Å². The van der Waals surface area contributed by atoms with Gasteiger partial charge in [0.05, 0.1) is 4.91 Å². The fourth-order valence-electron chi connectivity index (χ4n) is 3.32. The normalized spacial score (nSPS) is 15.3. The lowest BCUT2D eigenvalue weighted by molar-refractivity contribution is -0.137. The van der Waals surface area contributed by atoms with Gasteiger partial charge in [0.2, 0.25) is 0 Å². The standard InChI is InChI=1S/C23H32N2O3S2/c1-24(2)19-14-12-18(13-15-19)17-20-22(28)25(23(29)30-20)16-10-8-6-4-3-5-7-9-11-21(26)27/h12-15,17H,3-11,16H2,1-2H3,(H,26,27). The van der Waals surface area contributed by atoms with Gasteiger partial charge in [0.15, 0.2) is 0 Å². The highest BCUT2D eigenvalue weighted by molar-refractivity contribution is 8.26. The molecule has 1 N–H and O–H groups in total. The van der Waals surface area contributed by atoms with Gasteiger partial charge in [0, 0.05) is 32.7 Å². The summed E-state index contributed by atoms with van der Waals surface area (Å²) in [5, 5.41) is 8.62. The molecule has 1 saturated heterocycles. The van der Waals surface area contributed by atoms with E-state index in [2.05, 4.69) is 0 Å². The molecular formula is C23H32N2O3S2. The van der Waals surface area contributed by atoms with Crippen LogP contribution >= 0.6 is 24.0 Å². The molecule has 1 aromatic rings. The van der Waals surface area contributed by atoms with Crippen LogP contribution in [0.5, 0.6) is 0 Å². The van der Waals surface area contributed by atoms with Crippen LogP contribution in [0.2, 0.25) is 0 Å². The largest absolute Gasteiger partial charge is 0.481 e. The maximum atomic E-state index is 12.7. The number of carboxylic acids is 1. The van der Waals surface area contributed by atoms with E-state index in [0.29, 0.717) is 15.8 Å². The second-order valence-electron chi connectivity index (χ2n) is 7.79. The molecule has 5 nitrogen and oxygen atoms in total. The van der Waals surface area contributed by atoms with Crippen molar-refractivity contribution in [3.05, 3.63) is 34.7 Å². The van der Waals surface area contributed by atoms with E-state index in [1.165, 1.54) is 11.8 Å². The maximum absolute atomic E-state index is 12.7. The number of carboxylic acid groups (broad SMARTS) is 1. The molecule has 1 fully saturated rings. The van der Waals surface area contributed by atoms with Crippen LogP contribution < -0.4 is 4.90 Å². The second-order valence-corrected chi connectivity index (χ2v) is 9.47. The Morgan fingerprint density at radius 2 is 1.60 bits per heavy atom. The van der Waals surface area contributed by atoms with Gasteiger partial charge in [-0.1, -0.05) is 74.6 Å². The van der Waals surface area contributed by atoms with Crippen molar-refractivity contribution in [1.29, 1.82) is 0 Å². The minimum Gasteiger partial charge on any atom is -0.481 e. The Kier molecular flexibility index (Phi) is 10.4. The number of aliphatic carboxylic acids is 1. The number of amides is 1. The predicted molar refractivity (Wildman–Crippen MR) is 130 cm³/mol. The molecule has 7 heteroatoms. The van der Waals surface area contributed by atoms with Gasteiger partial charge in [-0.2, -0.15) is 0 Å². The summed E-state index contributed by atoms with van der Waals surface area (Å²) >= 11 is 6.81. The Hall–Kier alpha value is -1.86. The van der Waals surface area contributed by atoms with E-state index in [1.807, 2.05) is 49.3 Å². The Bertz CT molecular complexity index is 760. The molecule has 2 rings (SSSR count). The monoisotopic (exact) mass is 448 g/mol. The van der Waals surface area contributed by atoms with E-state index in [-0.39, 0.29) is 12.3 Å². The molecule has 1 aliphatic rings. The quantitative estimate of drug-likeness (QED) is 0.243. The molecule has 30 heavy (non-hydrogen) atoms. The van der Waals surface area contributed by atoms with Gasteiger partial charge in [0.1, 0.15) is 4.32 Å². The molecule has 0 aromatic heterocycles. The van der Waals surface area contributed by atoms with Crippen molar-refractivity contribution in [1.82, 2.24) is 4.90 Å². The van der Waals surface area contributed by atoms with E-state index >= 15 is 0 Å². The van der Waals surface area contributed by atoms with E-state index in [0.717, 1.165) is 62.6 Å². The van der Waals surface area contributed by atoms with Crippen molar-refractivity contribution in [2.45, 2.75) is 57.8 Å². The van der Waals surface area contributed by atoms with Gasteiger partial charge < -0.3 is 10.0 Å². The van der Waals surface area contributed by atoms with Crippen molar-refractivity contribution in [2.24, 2.45) is 0 Å². The topological polar surface area (TPSA) is 60.9 Å². The Balaban J connectivity index is 1.68. The van der Waals surface area contributed by atoms with E-state index in [9.17, 15) is 9.59 Å². The minimum atomic E-state index is -0.706. The first-order valence-corrected chi connectivity index (χ1v) is 11.9. The summed E-state index contributed by atoms with van der Waals surface area (Å²) in [7, 11) is 4.01. The molecule has 0 bridgehead atoms. The predicted octanol–water partition coefficient (Wildman–Crippen LogP) is 5.55. The molecule has 0 unspecified atom stereocenters. The molecule has 1 heterocycles. The second kappa shape index (κ2) is 12.7. The molecule has 1 aromatic carbocycles. The van der Waals surface area contributed by atoms with Crippen LogP contribution in [0.3, 0.4) is 0 Å². The summed E-state index contributed by atoms with van der Waals surface area (Å²) in [6.07, 6.45) is 10.6. The van der Waals surface area contributed by atoms with Gasteiger partial charge in [0.25, 0.3) is 5.91 Å². The molecule has 0 saturated carbocycles. The molecule has 0 spiro atoms. The number of anilines is 1. The van der Waals surface area contributed by atoms with Crippen LogP contribution in [0.4, 0.5) is 5.69 Å². The highest BCUT2D eigenvalue weighted by Crippen LogP contribution is 2.33. The lowest BCUT2D eigenvalue weighted by Crippen LogP contribution is -2.29. The number of hydrogen-bond acceptors (Lipinski definition) is 5.